The predicted octanol–water partition coefficient (Wildman–Crippen LogP) is 1.00. The standard InChI is InChI=1S/C8H15N3O/c1-2-3-5-9-6-4-8-10-7-12-11-8/h7,9H,2-6H2,1H3. The highest BCUT2D eigenvalue weighted by molar-refractivity contribution is 4.78. The van der Waals surface area contributed by atoms with E-state index in [1.54, 1.807) is 0 Å². The minimum absolute atomic E-state index is 0.777. The van der Waals surface area contributed by atoms with Crippen molar-refractivity contribution in [2.24, 2.45) is 0 Å². The summed E-state index contributed by atoms with van der Waals surface area (Å²) in [7, 11) is 0. The van der Waals surface area contributed by atoms with Crippen molar-refractivity contribution >= 4 is 0 Å². The van der Waals surface area contributed by atoms with Crippen LogP contribution < -0.4 is 5.32 Å². The Hall–Kier alpha value is -0.900. The molecule has 0 aliphatic carbocycles. The molecule has 12 heavy (non-hydrogen) atoms. The lowest BCUT2D eigenvalue weighted by molar-refractivity contribution is 0.409. The van der Waals surface area contributed by atoms with Gasteiger partial charge in [0.25, 0.3) is 0 Å². The number of nitrogens with one attached hydrogen (secondary N) is 1. The highest BCUT2D eigenvalue weighted by Crippen LogP contribution is 1.88. The fraction of sp³-hybridized carbons (Fsp3) is 0.750. The molecule has 0 atom stereocenters. The number of hydrogen-bond donors (Lipinski definition) is 1. The van der Waals surface area contributed by atoms with Crippen molar-refractivity contribution in [2.75, 3.05) is 13.1 Å². The molecule has 0 saturated carbocycles. The Morgan fingerprint density at radius 3 is 3.08 bits per heavy atom. The Morgan fingerprint density at radius 2 is 2.42 bits per heavy atom. The topological polar surface area (TPSA) is 51.0 Å². The quantitative estimate of drug-likeness (QED) is 0.645. The molecular formula is C8H15N3O. The molecular weight excluding hydrogens is 154 g/mol. The van der Waals surface area contributed by atoms with Crippen LogP contribution in [0.15, 0.2) is 10.9 Å². The van der Waals surface area contributed by atoms with Crippen molar-refractivity contribution in [3.63, 3.8) is 0 Å². The SMILES string of the molecule is CCCCNCCc1ncon1. The first-order chi connectivity index (χ1) is 5.93. The van der Waals surface area contributed by atoms with E-state index in [1.165, 1.54) is 19.2 Å². The third kappa shape index (κ3) is 3.48. The summed E-state index contributed by atoms with van der Waals surface area (Å²) < 4.78 is 4.60. The van der Waals surface area contributed by atoms with E-state index in [2.05, 4.69) is 26.9 Å². The molecule has 1 rings (SSSR count). The third-order valence-electron chi connectivity index (χ3n) is 1.64. The fourth-order valence-corrected chi connectivity index (χ4v) is 0.930. The lowest BCUT2D eigenvalue weighted by Crippen LogP contribution is -2.18. The molecule has 0 saturated heterocycles. The van der Waals surface area contributed by atoms with Crippen LogP contribution in [0.5, 0.6) is 0 Å². The van der Waals surface area contributed by atoms with Crippen molar-refractivity contribution in [3.05, 3.63) is 12.2 Å². The van der Waals surface area contributed by atoms with Crippen molar-refractivity contribution in [2.45, 2.75) is 26.2 Å². The zero-order valence-corrected chi connectivity index (χ0v) is 7.42. The summed E-state index contributed by atoms with van der Waals surface area (Å²) in [6.45, 7) is 4.19. The molecule has 68 valence electrons. The van der Waals surface area contributed by atoms with Gasteiger partial charge in [-0.05, 0) is 13.0 Å². The van der Waals surface area contributed by atoms with Gasteiger partial charge in [-0.3, -0.25) is 0 Å². The maximum absolute atomic E-state index is 4.60. The number of hydrogen-bond acceptors (Lipinski definition) is 4. The molecule has 0 bridgehead atoms. The zero-order chi connectivity index (χ0) is 8.65. The van der Waals surface area contributed by atoms with Gasteiger partial charge in [-0.25, -0.2) is 0 Å². The van der Waals surface area contributed by atoms with Gasteiger partial charge in [0.05, 0.1) is 0 Å². The van der Waals surface area contributed by atoms with Gasteiger partial charge >= 0.3 is 0 Å². The summed E-state index contributed by atoms with van der Waals surface area (Å²) in [4.78, 5) is 3.92. The molecule has 4 nitrogen and oxygen atoms in total. The van der Waals surface area contributed by atoms with Crippen LogP contribution in [0.4, 0.5) is 0 Å². The van der Waals surface area contributed by atoms with Crippen molar-refractivity contribution in [1.82, 2.24) is 15.5 Å². The van der Waals surface area contributed by atoms with E-state index < -0.39 is 0 Å². The Labute approximate surface area is 72.4 Å². The third-order valence-corrected chi connectivity index (χ3v) is 1.64. The first-order valence-corrected chi connectivity index (χ1v) is 4.39. The molecule has 1 aromatic rings. The maximum Gasteiger partial charge on any atom is 0.213 e. The van der Waals surface area contributed by atoms with Crippen molar-refractivity contribution in [1.29, 1.82) is 0 Å². The normalized spacial score (nSPS) is 10.4. The summed E-state index contributed by atoms with van der Waals surface area (Å²) in [5.74, 6) is 0.777. The van der Waals surface area contributed by atoms with Gasteiger partial charge in [0.1, 0.15) is 0 Å². The molecule has 4 heteroatoms. The van der Waals surface area contributed by atoms with E-state index in [1.807, 2.05) is 0 Å². The molecule has 1 aromatic heterocycles. The van der Waals surface area contributed by atoms with Gasteiger partial charge < -0.3 is 9.84 Å². The Morgan fingerprint density at radius 1 is 1.50 bits per heavy atom. The van der Waals surface area contributed by atoms with Crippen LogP contribution >= 0.6 is 0 Å². The molecule has 0 amide bonds. The maximum atomic E-state index is 4.60. The van der Waals surface area contributed by atoms with Gasteiger partial charge in [0.2, 0.25) is 6.39 Å². The van der Waals surface area contributed by atoms with Crippen LogP contribution in [-0.2, 0) is 6.42 Å². The molecule has 0 aliphatic rings. The van der Waals surface area contributed by atoms with Crippen LogP contribution in [0.25, 0.3) is 0 Å². The largest absolute Gasteiger partial charge is 0.343 e. The predicted molar refractivity (Wildman–Crippen MR) is 45.8 cm³/mol. The van der Waals surface area contributed by atoms with Crippen molar-refractivity contribution < 1.29 is 4.52 Å². The van der Waals surface area contributed by atoms with Gasteiger partial charge in [0.15, 0.2) is 5.82 Å². The van der Waals surface area contributed by atoms with Gasteiger partial charge in [-0.2, -0.15) is 4.98 Å². The molecule has 0 radical (unpaired) electrons. The lowest BCUT2D eigenvalue weighted by atomic mass is 10.3. The first-order valence-electron chi connectivity index (χ1n) is 4.39. The average molecular weight is 169 g/mol. The van der Waals surface area contributed by atoms with E-state index in [-0.39, 0.29) is 0 Å². The van der Waals surface area contributed by atoms with E-state index in [0.29, 0.717) is 0 Å². The number of unbranched alkanes of at least 4 members (excludes halogenated alkanes) is 1. The van der Waals surface area contributed by atoms with E-state index in [0.717, 1.165) is 25.3 Å². The van der Waals surface area contributed by atoms with E-state index in [9.17, 15) is 0 Å². The molecule has 1 heterocycles. The Bertz CT molecular complexity index is 186. The summed E-state index contributed by atoms with van der Waals surface area (Å²) in [5.41, 5.74) is 0. The second kappa shape index (κ2) is 5.71. The second-order valence-electron chi connectivity index (χ2n) is 2.70. The smallest absolute Gasteiger partial charge is 0.213 e. The van der Waals surface area contributed by atoms with E-state index in [4.69, 9.17) is 0 Å². The summed E-state index contributed by atoms with van der Waals surface area (Å²) >= 11 is 0. The van der Waals surface area contributed by atoms with Crippen molar-refractivity contribution in [3.8, 4) is 0 Å². The first kappa shape index (κ1) is 9.19. The average Bonchev–Trinajstić information content (AvgIpc) is 2.57. The minimum Gasteiger partial charge on any atom is -0.343 e. The highest BCUT2D eigenvalue weighted by atomic mass is 16.5. The Kier molecular flexibility index (Phi) is 4.37. The molecule has 0 aromatic carbocycles. The van der Waals surface area contributed by atoms with Crippen LogP contribution in [-0.4, -0.2) is 23.2 Å². The molecule has 0 unspecified atom stereocenters. The van der Waals surface area contributed by atoms with Crippen LogP contribution in [0.1, 0.15) is 25.6 Å². The van der Waals surface area contributed by atoms with E-state index >= 15 is 0 Å². The lowest BCUT2D eigenvalue weighted by Gasteiger charge is -1.99. The van der Waals surface area contributed by atoms with Crippen LogP contribution in [0.3, 0.4) is 0 Å². The number of nitrogens with zero attached hydrogens (tertiary/aromatic N) is 2. The second-order valence-corrected chi connectivity index (χ2v) is 2.70. The summed E-state index contributed by atoms with van der Waals surface area (Å²) in [5, 5.41) is 7.01. The molecule has 0 fully saturated rings. The number of aromatic nitrogens is 2. The summed E-state index contributed by atoms with van der Waals surface area (Å²) in [6.07, 6.45) is 4.67. The van der Waals surface area contributed by atoms with Crippen LogP contribution in [0.2, 0.25) is 0 Å². The van der Waals surface area contributed by atoms with Gasteiger partial charge in [-0.15, -0.1) is 0 Å². The highest BCUT2D eigenvalue weighted by Gasteiger charge is 1.95. The molecule has 1 N–H and O–H groups in total. The fourth-order valence-electron chi connectivity index (χ4n) is 0.930. The molecule has 0 aliphatic heterocycles. The summed E-state index contributed by atoms with van der Waals surface area (Å²) in [6, 6.07) is 0. The Balaban J connectivity index is 1.96. The monoisotopic (exact) mass is 169 g/mol. The van der Waals surface area contributed by atoms with Gasteiger partial charge in [-0.1, -0.05) is 18.5 Å². The zero-order valence-electron chi connectivity index (χ0n) is 7.42. The number of rotatable bonds is 6. The van der Waals surface area contributed by atoms with Gasteiger partial charge in [0, 0.05) is 13.0 Å². The van der Waals surface area contributed by atoms with Crippen LogP contribution in [0, 0.1) is 0 Å². The molecule has 0 spiro atoms. The minimum atomic E-state index is 0.777.